The van der Waals surface area contributed by atoms with E-state index in [1.807, 2.05) is 0 Å². The van der Waals surface area contributed by atoms with Crippen LogP contribution in [0.3, 0.4) is 0 Å². The van der Waals surface area contributed by atoms with Gasteiger partial charge in [-0.1, -0.05) is 12.1 Å². The highest BCUT2D eigenvalue weighted by atomic mass is 32.1. The minimum atomic E-state index is -4.36. The van der Waals surface area contributed by atoms with Crippen LogP contribution < -0.4 is 14.8 Å². The lowest BCUT2D eigenvalue weighted by Gasteiger charge is -2.12. The minimum absolute atomic E-state index is 0.00799. The molecule has 0 aliphatic heterocycles. The average molecular weight is 401 g/mol. The Morgan fingerprint density at radius 2 is 1.74 bits per heavy atom. The summed E-state index contributed by atoms with van der Waals surface area (Å²) in [5, 5.41) is 12.2. The second-order valence-electron chi connectivity index (χ2n) is 5.37. The molecule has 0 bridgehead atoms. The third-order valence-electron chi connectivity index (χ3n) is 3.62. The van der Waals surface area contributed by atoms with E-state index in [-0.39, 0.29) is 5.56 Å². The van der Waals surface area contributed by atoms with Gasteiger partial charge in [-0.2, -0.15) is 24.5 Å². The van der Waals surface area contributed by atoms with Gasteiger partial charge in [0.1, 0.15) is 0 Å². The smallest absolute Gasteiger partial charge is 0.416 e. The number of ether oxygens (including phenoxy) is 2. The van der Waals surface area contributed by atoms with Gasteiger partial charge in [0.15, 0.2) is 11.5 Å². The number of carbonyl (C=O) groups is 1. The van der Waals surface area contributed by atoms with Crippen molar-refractivity contribution in [3.63, 3.8) is 0 Å². The molecule has 5 nitrogen and oxygen atoms in total. The summed E-state index contributed by atoms with van der Waals surface area (Å²) in [6.45, 7) is 0. The van der Waals surface area contributed by atoms with E-state index in [0.717, 1.165) is 29.0 Å². The van der Waals surface area contributed by atoms with Crippen LogP contribution >= 0.6 is 11.4 Å². The van der Waals surface area contributed by atoms with Gasteiger partial charge < -0.3 is 19.9 Å². The topological polar surface area (TPSA) is 67.8 Å². The normalized spacial score (nSPS) is 11.7. The van der Waals surface area contributed by atoms with Crippen LogP contribution in [0, 0.1) is 0 Å². The Kier molecular flexibility index (Phi) is 6.73. The molecule has 27 heavy (non-hydrogen) atoms. The summed E-state index contributed by atoms with van der Waals surface area (Å²) in [7, 11) is 2.85. The zero-order chi connectivity index (χ0) is 20.0. The second kappa shape index (κ2) is 8.81. The number of benzene rings is 2. The zero-order valence-corrected chi connectivity index (χ0v) is 15.4. The summed E-state index contributed by atoms with van der Waals surface area (Å²) in [5.41, 5.74) is 1.98. The van der Waals surface area contributed by atoms with Gasteiger partial charge in [-0.15, -0.1) is 0 Å². The molecule has 0 radical (unpaired) electrons. The van der Waals surface area contributed by atoms with Gasteiger partial charge in [-0.05, 0) is 17.7 Å². The lowest BCUT2D eigenvalue weighted by atomic mass is 10.1. The van der Waals surface area contributed by atoms with Crippen LogP contribution in [0.15, 0.2) is 36.4 Å². The Balaban J connectivity index is 2.10. The van der Waals surface area contributed by atoms with Crippen molar-refractivity contribution in [3.05, 3.63) is 53.1 Å². The van der Waals surface area contributed by atoms with Crippen LogP contribution in [0.4, 0.5) is 18.9 Å². The molecule has 0 saturated carbocycles. The van der Waals surface area contributed by atoms with E-state index < -0.39 is 17.7 Å². The Hall–Kier alpha value is -2.68. The molecule has 0 unspecified atom stereocenters. The van der Waals surface area contributed by atoms with Crippen LogP contribution in [0.5, 0.6) is 11.5 Å². The third kappa shape index (κ3) is 5.40. The van der Waals surface area contributed by atoms with Crippen molar-refractivity contribution in [2.24, 2.45) is 0 Å². The number of anilines is 1. The van der Waals surface area contributed by atoms with Crippen molar-refractivity contribution in [3.8, 4) is 11.5 Å². The van der Waals surface area contributed by atoms with Crippen LogP contribution in [-0.4, -0.2) is 30.8 Å². The van der Waals surface area contributed by atoms with Crippen molar-refractivity contribution in [2.45, 2.75) is 11.9 Å². The molecular formula is C18H18F3NO4S. The molecule has 0 fully saturated rings. The van der Waals surface area contributed by atoms with Crippen LogP contribution in [0.1, 0.15) is 21.5 Å². The highest BCUT2D eigenvalue weighted by Gasteiger charge is 2.29. The predicted molar refractivity (Wildman–Crippen MR) is 100 cm³/mol. The monoisotopic (exact) mass is 401 g/mol. The molecule has 2 aromatic carbocycles. The van der Waals surface area contributed by atoms with Crippen LogP contribution in [0.2, 0.25) is 0 Å². The lowest BCUT2D eigenvalue weighted by Crippen LogP contribution is -2.06. The average Bonchev–Trinajstić information content (AvgIpc) is 2.64. The van der Waals surface area contributed by atoms with Crippen molar-refractivity contribution in [1.29, 1.82) is 0 Å². The van der Waals surface area contributed by atoms with E-state index >= 15 is 0 Å². The molecule has 0 amide bonds. The molecule has 0 aliphatic carbocycles. The Bertz CT molecular complexity index is 836. The summed E-state index contributed by atoms with van der Waals surface area (Å²) in [5.74, 6) is 0.00714. The number of halogens is 3. The first kappa shape index (κ1) is 20.6. The highest BCUT2D eigenvalue weighted by molar-refractivity contribution is 7.96. The number of aromatic carboxylic acids is 1. The fourth-order valence-electron chi connectivity index (χ4n) is 2.24. The maximum absolute atomic E-state index is 12.5. The molecule has 2 rings (SSSR count). The first-order chi connectivity index (χ1) is 12.8. The molecule has 2 N–H and O–H groups in total. The quantitative estimate of drug-likeness (QED) is 0.478. The van der Waals surface area contributed by atoms with Gasteiger partial charge in [0.05, 0.1) is 31.0 Å². The number of carboxylic acid groups (broad SMARTS) is 1. The fraction of sp³-hybridized carbons (Fsp3) is 0.222. The van der Waals surface area contributed by atoms with Crippen LogP contribution in [0.25, 0.3) is 0 Å². The van der Waals surface area contributed by atoms with E-state index in [4.69, 9.17) is 9.47 Å². The highest BCUT2D eigenvalue weighted by Crippen LogP contribution is 2.33. The molecule has 0 saturated heterocycles. The van der Waals surface area contributed by atoms with Crippen molar-refractivity contribution in [1.82, 2.24) is 0 Å². The number of thiol groups is 1. The van der Waals surface area contributed by atoms with Crippen molar-refractivity contribution in [2.75, 3.05) is 19.5 Å². The molecule has 146 valence electrons. The molecule has 9 heteroatoms. The van der Waals surface area contributed by atoms with Gasteiger partial charge in [-0.25, -0.2) is 4.79 Å². The molecule has 0 atom stereocenters. The van der Waals surface area contributed by atoms with Gasteiger partial charge >= 0.3 is 12.1 Å². The molecular weight excluding hydrogens is 383 g/mol. The van der Waals surface area contributed by atoms with Gasteiger partial charge in [0.25, 0.3) is 0 Å². The summed E-state index contributed by atoms with van der Waals surface area (Å²) >= 11 is 0.749. The van der Waals surface area contributed by atoms with Gasteiger partial charge in [-0.3, -0.25) is 0 Å². The largest absolute Gasteiger partial charge is 0.493 e. The Labute approximate surface area is 157 Å². The fourth-order valence-corrected chi connectivity index (χ4v) is 2.98. The molecule has 0 spiro atoms. The number of methoxy groups -OCH3 is 2. The maximum Gasteiger partial charge on any atom is 0.416 e. The summed E-state index contributed by atoms with van der Waals surface area (Å²) in [4.78, 5) is 11.4. The van der Waals surface area contributed by atoms with Crippen molar-refractivity contribution < 1.29 is 32.5 Å². The number of alkyl halides is 3. The summed E-state index contributed by atoms with van der Waals surface area (Å²) in [6, 6.07) is 7.77. The van der Waals surface area contributed by atoms with Crippen LogP contribution in [-0.2, 0) is 11.9 Å². The standard InChI is InChI=1S/C18H18F3NO4S/c1-25-15-7-13(17(23)24)14(8-16(15)26-2)22-10-27-9-11-3-5-12(6-4-11)18(19,20)21/h3-8,10,22,27H,9H2,1-2H3,(H,23,24). The Morgan fingerprint density at radius 1 is 1.15 bits per heavy atom. The second-order valence-corrected chi connectivity index (χ2v) is 6.31. The van der Waals surface area contributed by atoms with E-state index in [0.29, 0.717) is 22.9 Å². The summed E-state index contributed by atoms with van der Waals surface area (Å²) < 4.78 is 47.9. The number of carboxylic acids is 1. The maximum atomic E-state index is 12.5. The number of hydrogen-bond acceptors (Lipinski definition) is 3. The van der Waals surface area contributed by atoms with Gasteiger partial charge in [0.2, 0.25) is 0 Å². The van der Waals surface area contributed by atoms with E-state index in [1.54, 1.807) is 5.49 Å². The van der Waals surface area contributed by atoms with E-state index in [9.17, 15) is 23.1 Å². The SMILES string of the molecule is COc1cc(NC=[SH]Cc2ccc(C(F)(F)F)cc2)c(C(=O)O)cc1OC. The van der Waals surface area contributed by atoms with E-state index in [1.165, 1.54) is 38.5 Å². The number of rotatable bonds is 7. The molecule has 2 aromatic rings. The first-order valence-corrected chi connectivity index (χ1v) is 8.81. The lowest BCUT2D eigenvalue weighted by molar-refractivity contribution is -0.137. The third-order valence-corrected chi connectivity index (χ3v) is 4.48. The number of hydrogen-bond donors (Lipinski definition) is 3. The molecule has 0 aromatic heterocycles. The predicted octanol–water partition coefficient (Wildman–Crippen LogP) is 4.26. The first-order valence-electron chi connectivity index (χ1n) is 7.66. The van der Waals surface area contributed by atoms with E-state index in [2.05, 4.69) is 5.32 Å². The Morgan fingerprint density at radius 3 is 2.26 bits per heavy atom. The molecule has 0 aliphatic rings. The van der Waals surface area contributed by atoms with Gasteiger partial charge in [0, 0.05) is 23.4 Å². The minimum Gasteiger partial charge on any atom is -0.493 e. The van der Waals surface area contributed by atoms with Crippen molar-refractivity contribution >= 4 is 28.5 Å². The molecule has 0 heterocycles. The zero-order valence-electron chi connectivity index (χ0n) is 14.5. The number of nitrogens with one attached hydrogen (secondary N) is 1. The summed E-state index contributed by atoms with van der Waals surface area (Å²) in [6.07, 6.45) is -4.36.